The Hall–Kier alpha value is -3.11. The van der Waals surface area contributed by atoms with Crippen LogP contribution in [-0.4, -0.2) is 35.5 Å². The topological polar surface area (TPSA) is 50.3 Å². The number of aromatic nitrogens is 1. The highest BCUT2D eigenvalue weighted by molar-refractivity contribution is 6.02. The molecule has 0 bridgehead atoms. The summed E-state index contributed by atoms with van der Waals surface area (Å²) in [6.07, 6.45) is 10.0. The van der Waals surface area contributed by atoms with E-state index in [1.807, 2.05) is 26.0 Å². The van der Waals surface area contributed by atoms with Crippen molar-refractivity contribution in [2.75, 3.05) is 14.1 Å². The number of allylic oxidation sites excluding steroid dienone is 6. The smallest absolute Gasteiger partial charge is 0.163 e. The van der Waals surface area contributed by atoms with E-state index < -0.39 is 0 Å². The highest BCUT2D eigenvalue weighted by atomic mass is 16.1. The Morgan fingerprint density at radius 3 is 2.43 bits per heavy atom. The second-order valence-corrected chi connectivity index (χ2v) is 10.2. The molecule has 182 valence electrons. The van der Waals surface area contributed by atoms with E-state index in [-0.39, 0.29) is 11.6 Å². The fraction of sp³-hybridized carbons (Fsp3) is 0.387. The van der Waals surface area contributed by atoms with Crippen LogP contribution in [0.2, 0.25) is 0 Å². The fourth-order valence-electron chi connectivity index (χ4n) is 5.03. The van der Waals surface area contributed by atoms with Crippen molar-refractivity contribution in [3.63, 3.8) is 0 Å². The Bertz CT molecular complexity index is 1210. The van der Waals surface area contributed by atoms with Crippen molar-refractivity contribution in [1.29, 1.82) is 0 Å². The summed E-state index contributed by atoms with van der Waals surface area (Å²) in [6, 6.07) is 12.3. The highest BCUT2D eigenvalue weighted by Crippen LogP contribution is 2.30. The number of benzene rings is 1. The third-order valence-corrected chi connectivity index (χ3v) is 6.83. The van der Waals surface area contributed by atoms with Crippen LogP contribution in [-0.2, 0) is 11.3 Å². The number of nitrogens with zero attached hydrogens (tertiary/aromatic N) is 2. The second kappa shape index (κ2) is 11.1. The van der Waals surface area contributed by atoms with Gasteiger partial charge < -0.3 is 4.90 Å². The first-order valence-electron chi connectivity index (χ1n) is 12.7. The van der Waals surface area contributed by atoms with E-state index in [1.54, 1.807) is 0 Å². The molecule has 4 nitrogen and oxygen atoms in total. The van der Waals surface area contributed by atoms with Crippen LogP contribution in [0, 0.1) is 0 Å². The molecule has 35 heavy (non-hydrogen) atoms. The van der Waals surface area contributed by atoms with E-state index in [0.717, 1.165) is 59.5 Å². The highest BCUT2D eigenvalue weighted by Gasteiger charge is 2.20. The van der Waals surface area contributed by atoms with Crippen molar-refractivity contribution >= 4 is 17.1 Å². The maximum absolute atomic E-state index is 13.4. The molecule has 4 rings (SSSR count). The molecule has 0 fully saturated rings. The van der Waals surface area contributed by atoms with Gasteiger partial charge in [0.1, 0.15) is 0 Å². The number of hydrogen-bond donors (Lipinski definition) is 0. The lowest BCUT2D eigenvalue weighted by molar-refractivity contribution is -0.115. The van der Waals surface area contributed by atoms with Gasteiger partial charge in [-0.05, 0) is 94.5 Å². The molecule has 0 amide bonds. The van der Waals surface area contributed by atoms with E-state index in [0.29, 0.717) is 24.8 Å². The van der Waals surface area contributed by atoms with Crippen LogP contribution < -0.4 is 0 Å². The number of rotatable bonds is 8. The van der Waals surface area contributed by atoms with Crippen molar-refractivity contribution < 1.29 is 9.59 Å². The third-order valence-electron chi connectivity index (χ3n) is 6.83. The average Bonchev–Trinajstić information content (AvgIpc) is 2.83. The SMILES string of the molecule is CC1=CC(C)=C(CCC(=O)c2cc(C3=CCCCC3)nc(-c3ccc(CN(C)C)cc3)c2)C(=O)C1. The summed E-state index contributed by atoms with van der Waals surface area (Å²) < 4.78 is 0. The molecule has 1 heterocycles. The predicted octanol–water partition coefficient (Wildman–Crippen LogP) is 6.97. The van der Waals surface area contributed by atoms with Gasteiger partial charge in [-0.25, -0.2) is 4.98 Å². The summed E-state index contributed by atoms with van der Waals surface area (Å²) in [6.45, 7) is 4.84. The molecule has 1 aromatic carbocycles. The molecule has 0 saturated heterocycles. The summed E-state index contributed by atoms with van der Waals surface area (Å²) in [4.78, 5) is 33.0. The predicted molar refractivity (Wildman–Crippen MR) is 143 cm³/mol. The zero-order valence-corrected chi connectivity index (χ0v) is 21.5. The molecule has 0 aliphatic heterocycles. The summed E-state index contributed by atoms with van der Waals surface area (Å²) in [5.74, 6) is 0.214. The molecule has 2 aromatic rings. The molecule has 0 radical (unpaired) electrons. The van der Waals surface area contributed by atoms with Crippen LogP contribution in [0.25, 0.3) is 16.8 Å². The largest absolute Gasteiger partial charge is 0.305 e. The number of carbonyl (C=O) groups excluding carboxylic acids is 2. The van der Waals surface area contributed by atoms with Crippen molar-refractivity contribution in [3.05, 3.63) is 82.1 Å². The summed E-state index contributed by atoms with van der Waals surface area (Å²) in [5.41, 5.74) is 8.79. The van der Waals surface area contributed by atoms with Crippen molar-refractivity contribution in [1.82, 2.24) is 9.88 Å². The van der Waals surface area contributed by atoms with Crippen LogP contribution in [0.1, 0.15) is 80.4 Å². The lowest BCUT2D eigenvalue weighted by Crippen LogP contribution is -2.12. The number of ketones is 2. The summed E-state index contributed by atoms with van der Waals surface area (Å²) in [5, 5.41) is 0. The normalized spacial score (nSPS) is 16.4. The van der Waals surface area contributed by atoms with Gasteiger partial charge in [0.2, 0.25) is 0 Å². The minimum absolute atomic E-state index is 0.0647. The number of carbonyl (C=O) groups is 2. The van der Waals surface area contributed by atoms with Gasteiger partial charge in [-0.1, -0.05) is 42.0 Å². The Morgan fingerprint density at radius 1 is 1.03 bits per heavy atom. The zero-order chi connectivity index (χ0) is 24.9. The van der Waals surface area contributed by atoms with Crippen LogP contribution >= 0.6 is 0 Å². The number of hydrogen-bond acceptors (Lipinski definition) is 4. The van der Waals surface area contributed by atoms with E-state index in [1.165, 1.54) is 17.6 Å². The molecule has 0 spiro atoms. The number of pyridine rings is 1. The molecule has 4 heteroatoms. The molecular formula is C31H36N2O2. The molecule has 1 aromatic heterocycles. The summed E-state index contributed by atoms with van der Waals surface area (Å²) in [7, 11) is 4.12. The van der Waals surface area contributed by atoms with Crippen molar-refractivity contribution in [2.45, 2.75) is 65.3 Å². The first-order valence-corrected chi connectivity index (χ1v) is 12.7. The van der Waals surface area contributed by atoms with Gasteiger partial charge in [0.05, 0.1) is 11.4 Å². The standard InChI is InChI=1S/C31H36N2O2/c1-21-16-22(2)27(31(35)17-21)14-15-30(34)26-18-28(24-8-6-5-7-9-24)32-29(19-26)25-12-10-23(11-13-25)20-33(3)4/h8,10-13,16,18-19H,5-7,9,14-15,17,20H2,1-4H3. The van der Waals surface area contributed by atoms with Crippen molar-refractivity contribution in [2.24, 2.45) is 0 Å². The molecule has 2 aliphatic carbocycles. The third kappa shape index (κ3) is 6.32. The monoisotopic (exact) mass is 468 g/mol. The van der Waals surface area contributed by atoms with Crippen LogP contribution in [0.5, 0.6) is 0 Å². The first-order chi connectivity index (χ1) is 16.8. The van der Waals surface area contributed by atoms with Gasteiger partial charge in [-0.2, -0.15) is 0 Å². The van der Waals surface area contributed by atoms with Crippen molar-refractivity contribution in [3.8, 4) is 11.3 Å². The lowest BCUT2D eigenvalue weighted by Gasteiger charge is -2.16. The van der Waals surface area contributed by atoms with Crippen LogP contribution in [0.3, 0.4) is 0 Å². The second-order valence-electron chi connectivity index (χ2n) is 10.2. The van der Waals surface area contributed by atoms with E-state index in [2.05, 4.69) is 55.4 Å². The van der Waals surface area contributed by atoms with Gasteiger partial charge in [-0.3, -0.25) is 9.59 Å². The van der Waals surface area contributed by atoms with Crippen LogP contribution in [0.4, 0.5) is 0 Å². The van der Waals surface area contributed by atoms with E-state index in [4.69, 9.17) is 4.98 Å². The molecule has 0 saturated carbocycles. The van der Waals surface area contributed by atoms with E-state index >= 15 is 0 Å². The molecular weight excluding hydrogens is 432 g/mol. The molecule has 0 N–H and O–H groups in total. The maximum atomic E-state index is 13.4. The quantitative estimate of drug-likeness (QED) is 0.393. The Balaban J connectivity index is 1.63. The minimum Gasteiger partial charge on any atom is -0.305 e. The van der Waals surface area contributed by atoms with Gasteiger partial charge >= 0.3 is 0 Å². The maximum Gasteiger partial charge on any atom is 0.163 e. The van der Waals surface area contributed by atoms with E-state index in [9.17, 15) is 9.59 Å². The molecule has 0 unspecified atom stereocenters. The first kappa shape index (κ1) is 25.0. The Morgan fingerprint density at radius 2 is 1.77 bits per heavy atom. The Kier molecular flexibility index (Phi) is 7.92. The summed E-state index contributed by atoms with van der Waals surface area (Å²) >= 11 is 0. The van der Waals surface area contributed by atoms with Gasteiger partial charge in [0.25, 0.3) is 0 Å². The molecule has 0 atom stereocenters. The minimum atomic E-state index is 0.0647. The van der Waals surface area contributed by atoms with Gasteiger partial charge in [0, 0.05) is 30.5 Å². The molecule has 2 aliphatic rings. The van der Waals surface area contributed by atoms with Gasteiger partial charge in [0.15, 0.2) is 11.6 Å². The fourth-order valence-corrected chi connectivity index (χ4v) is 5.03. The number of Topliss-reactive ketones (excluding diaryl/α,β-unsaturated/α-hetero) is 2. The lowest BCUT2D eigenvalue weighted by atomic mass is 9.88. The average molecular weight is 469 g/mol. The van der Waals surface area contributed by atoms with Crippen LogP contribution in [0.15, 0.2) is 65.3 Å². The Labute approximate surface area is 209 Å². The van der Waals surface area contributed by atoms with Gasteiger partial charge in [-0.15, -0.1) is 0 Å². The zero-order valence-electron chi connectivity index (χ0n) is 21.5.